The summed E-state index contributed by atoms with van der Waals surface area (Å²) in [5, 5.41) is 33.7. The van der Waals surface area contributed by atoms with E-state index >= 15 is 0 Å². The zero-order valence-corrected chi connectivity index (χ0v) is 32.4. The first-order chi connectivity index (χ1) is 25.1. The van der Waals surface area contributed by atoms with Crippen molar-refractivity contribution in [3.05, 3.63) is 23.8 Å². The molecule has 6 saturated heterocycles. The molecule has 0 radical (unpaired) electrons. The highest BCUT2D eigenvalue weighted by Crippen LogP contribution is 2.59. The van der Waals surface area contributed by atoms with Crippen LogP contribution in [-0.2, 0) is 28.5 Å². The molecule has 296 valence electrons. The number of nitrogens with two attached hydrogens (primary N) is 1. The van der Waals surface area contributed by atoms with E-state index in [4.69, 9.17) is 34.4 Å². The molecule has 0 saturated carbocycles. The van der Waals surface area contributed by atoms with Gasteiger partial charge in [-0.25, -0.2) is 0 Å². The monoisotopic (exact) mass is 740 g/mol. The van der Waals surface area contributed by atoms with Crippen LogP contribution in [0.2, 0.25) is 0 Å². The number of rotatable bonds is 2. The summed E-state index contributed by atoms with van der Waals surface area (Å²) in [7, 11) is 0. The van der Waals surface area contributed by atoms with Crippen LogP contribution in [0.3, 0.4) is 0 Å². The molecule has 7 bridgehead atoms. The number of hydrogen-bond donors (Lipinski definition) is 4. The normalized spacial score (nSPS) is 50.9. The molecule has 15 atom stereocenters. The summed E-state index contributed by atoms with van der Waals surface area (Å²) < 4.78 is 34.9. The smallest absolute Gasteiger partial charge is 0.324 e. The Morgan fingerprint density at radius 2 is 1.68 bits per heavy atom. The molecule has 8 aliphatic rings. The van der Waals surface area contributed by atoms with Gasteiger partial charge in [-0.3, -0.25) is 9.79 Å². The Balaban J connectivity index is 1.21. The van der Waals surface area contributed by atoms with Crippen molar-refractivity contribution in [2.24, 2.45) is 39.8 Å². The number of fused-ring (bicyclic) bond motifs is 6. The van der Waals surface area contributed by atoms with Crippen molar-refractivity contribution in [2.45, 2.75) is 190 Å². The van der Waals surface area contributed by atoms with Crippen LogP contribution in [0.15, 0.2) is 28.8 Å². The lowest BCUT2D eigenvalue weighted by Gasteiger charge is -2.50. The van der Waals surface area contributed by atoms with Gasteiger partial charge in [0.05, 0.1) is 24.4 Å². The largest absolute Gasteiger partial charge is 0.480 e. The van der Waals surface area contributed by atoms with Crippen molar-refractivity contribution in [1.29, 1.82) is 0 Å². The van der Waals surface area contributed by atoms with Gasteiger partial charge < -0.3 is 44.7 Å². The van der Waals surface area contributed by atoms with Crippen LogP contribution in [0.5, 0.6) is 0 Å². The number of carbonyl (C=O) groups is 1. The number of aliphatic imine (C=N–C) groups is 1. The van der Waals surface area contributed by atoms with Gasteiger partial charge in [-0.1, -0.05) is 39.0 Å². The van der Waals surface area contributed by atoms with Gasteiger partial charge in [0.25, 0.3) is 0 Å². The molecule has 7 aliphatic heterocycles. The van der Waals surface area contributed by atoms with Crippen LogP contribution >= 0.6 is 0 Å². The van der Waals surface area contributed by atoms with Gasteiger partial charge in [-0.05, 0) is 101 Å². The minimum Gasteiger partial charge on any atom is -0.480 e. The first kappa shape index (κ1) is 38.2. The Kier molecular flexibility index (Phi) is 9.91. The fraction of sp³-hybridized carbons (Fsp3) is 0.857. The van der Waals surface area contributed by atoms with Crippen LogP contribution in [0.25, 0.3) is 0 Å². The summed E-state index contributed by atoms with van der Waals surface area (Å²) in [5.74, 6) is -3.67. The fourth-order valence-corrected chi connectivity index (χ4v) is 11.8. The topological polar surface area (TPSA) is 162 Å². The summed E-state index contributed by atoms with van der Waals surface area (Å²) in [5.41, 5.74) is 7.79. The second-order valence-electron chi connectivity index (χ2n) is 18.9. The molecule has 11 nitrogen and oxygen atoms in total. The van der Waals surface area contributed by atoms with Gasteiger partial charge in [0.2, 0.25) is 5.79 Å². The third-order valence-electron chi connectivity index (χ3n) is 15.1. The Labute approximate surface area is 315 Å². The van der Waals surface area contributed by atoms with Crippen molar-refractivity contribution in [2.75, 3.05) is 6.54 Å². The Morgan fingerprint density at radius 1 is 0.887 bits per heavy atom. The second-order valence-corrected chi connectivity index (χ2v) is 18.9. The molecule has 0 aromatic rings. The number of hydrogen-bond acceptors (Lipinski definition) is 10. The number of carboxylic acid groups (broad SMARTS) is 1. The average Bonchev–Trinajstić information content (AvgIpc) is 3.58. The number of aliphatic carboxylic acids is 1. The van der Waals surface area contributed by atoms with E-state index in [9.17, 15) is 20.1 Å². The first-order valence-electron chi connectivity index (χ1n) is 20.8. The van der Waals surface area contributed by atoms with Crippen LogP contribution in [0.1, 0.15) is 130 Å². The van der Waals surface area contributed by atoms with Gasteiger partial charge in [0.15, 0.2) is 11.6 Å². The molecular formula is C42H64N2O9. The Hall–Kier alpha value is -1.70. The molecule has 8 rings (SSSR count). The van der Waals surface area contributed by atoms with Gasteiger partial charge in [-0.2, -0.15) is 0 Å². The van der Waals surface area contributed by atoms with E-state index in [1.165, 1.54) is 0 Å². The highest BCUT2D eigenvalue weighted by atomic mass is 16.8. The fourth-order valence-electron chi connectivity index (χ4n) is 11.8. The standard InChI is InChI=1S/C42H64N2O9/c1-24-8-6-10-32-39(20-25(2)27(4)23-44-32)15-11-28(33(43)37(46)47)19-31(39)35-36-34(45)26(3)21-41(51-35,52-36)22-30-9-7-13-40(49-30)16-17-42(53-40)38(5,48)14-12-29(18-24)50-42/h19,25-27,29-31,33-36,45,48H,1,6-18,20-23,43H2,2-5H3,(H,46,47)/t25-,26+,27-,29-,30+,31?,33+,34+,35-,36-,38+,39+,40+,41+,42+/m0/s1. The van der Waals surface area contributed by atoms with E-state index in [1.54, 1.807) is 0 Å². The van der Waals surface area contributed by atoms with Crippen LogP contribution in [0, 0.1) is 29.1 Å². The minimum absolute atomic E-state index is 0.0840. The molecule has 0 aromatic carbocycles. The van der Waals surface area contributed by atoms with Crippen molar-refractivity contribution < 1.29 is 43.8 Å². The third-order valence-corrected chi connectivity index (χ3v) is 15.1. The van der Waals surface area contributed by atoms with E-state index in [0.29, 0.717) is 62.4 Å². The number of nitrogens with zero attached hydrogens (tertiary/aromatic N) is 1. The molecule has 53 heavy (non-hydrogen) atoms. The maximum absolute atomic E-state index is 12.3. The van der Waals surface area contributed by atoms with Gasteiger partial charge in [0.1, 0.15) is 17.7 Å². The molecule has 0 aromatic heterocycles. The lowest BCUT2D eigenvalue weighted by molar-refractivity contribution is -0.403. The third kappa shape index (κ3) is 6.60. The first-order valence-corrected chi connectivity index (χ1v) is 20.8. The van der Waals surface area contributed by atoms with Crippen LogP contribution in [-0.4, -0.2) is 93.1 Å². The minimum atomic E-state index is -1.15. The van der Waals surface area contributed by atoms with E-state index in [0.717, 1.165) is 75.6 Å². The lowest BCUT2D eigenvalue weighted by atomic mass is 9.57. The van der Waals surface area contributed by atoms with Crippen molar-refractivity contribution >= 4 is 11.7 Å². The van der Waals surface area contributed by atoms with E-state index in [-0.39, 0.29) is 24.0 Å². The summed E-state index contributed by atoms with van der Waals surface area (Å²) >= 11 is 0. The Bertz CT molecular complexity index is 1510. The average molecular weight is 741 g/mol. The number of ether oxygens (including phenoxy) is 5. The lowest BCUT2D eigenvalue weighted by Crippen LogP contribution is -2.60. The summed E-state index contributed by atoms with van der Waals surface area (Å²) in [4.78, 5) is 17.7. The maximum Gasteiger partial charge on any atom is 0.324 e. The van der Waals surface area contributed by atoms with E-state index < -0.39 is 58.7 Å². The van der Waals surface area contributed by atoms with Gasteiger partial charge in [-0.15, -0.1) is 0 Å². The van der Waals surface area contributed by atoms with Crippen LogP contribution < -0.4 is 5.73 Å². The molecular weight excluding hydrogens is 676 g/mol. The predicted molar refractivity (Wildman–Crippen MR) is 198 cm³/mol. The number of aliphatic hydroxyl groups is 2. The highest BCUT2D eigenvalue weighted by Gasteiger charge is 2.66. The van der Waals surface area contributed by atoms with Crippen molar-refractivity contribution in [1.82, 2.24) is 0 Å². The maximum atomic E-state index is 12.3. The van der Waals surface area contributed by atoms with Gasteiger partial charge in [0, 0.05) is 55.7 Å². The number of aliphatic hydroxyl groups excluding tert-OH is 1. The van der Waals surface area contributed by atoms with Crippen molar-refractivity contribution in [3.8, 4) is 0 Å². The summed E-state index contributed by atoms with van der Waals surface area (Å²) in [6.45, 7) is 13.8. The molecule has 0 amide bonds. The molecule has 7 heterocycles. The van der Waals surface area contributed by atoms with Crippen LogP contribution in [0.4, 0.5) is 0 Å². The summed E-state index contributed by atoms with van der Waals surface area (Å²) in [6, 6.07) is -1.11. The number of carboxylic acids is 1. The molecule has 6 fully saturated rings. The van der Waals surface area contributed by atoms with E-state index in [2.05, 4.69) is 33.4 Å². The summed E-state index contributed by atoms with van der Waals surface area (Å²) in [6.07, 6.45) is 11.2. The zero-order chi connectivity index (χ0) is 37.6. The molecule has 1 aliphatic carbocycles. The molecule has 5 N–H and O–H groups in total. The van der Waals surface area contributed by atoms with Gasteiger partial charge >= 0.3 is 5.97 Å². The highest BCUT2D eigenvalue weighted by molar-refractivity contribution is 5.91. The van der Waals surface area contributed by atoms with E-state index in [1.807, 2.05) is 6.92 Å². The molecule has 1 unspecified atom stereocenters. The zero-order valence-electron chi connectivity index (χ0n) is 32.4. The SMILES string of the molecule is C=C1CCCC2=NC[C@H](C)[C@@H](C)C[C@@]23CCC([C@@H](N)C(=O)O)=CC3[C@@H]2O[C@]3(C[C@H]4CCC[C@@]5(CC[C@@]6(O[C@@H](CC[C@@]6(C)O)C1)O5)O4)C[C@@H](C)[C@@H](O)[C@@H]2O3. The quantitative estimate of drug-likeness (QED) is 0.249. The Morgan fingerprint density at radius 3 is 2.47 bits per heavy atom. The second kappa shape index (κ2) is 13.7. The predicted octanol–water partition coefficient (Wildman–Crippen LogP) is 5.94. The molecule has 11 heteroatoms. The molecule has 4 spiro atoms. The van der Waals surface area contributed by atoms with Crippen molar-refractivity contribution in [3.63, 3.8) is 0 Å².